The number of nitrogens with one attached hydrogen (secondary N) is 5. The van der Waals surface area contributed by atoms with E-state index < -0.39 is 11.8 Å². The summed E-state index contributed by atoms with van der Waals surface area (Å²) in [6, 6.07) is 4.61. The largest absolute Gasteiger partial charge is 0.388 e. The van der Waals surface area contributed by atoms with Crippen LogP contribution in [0.4, 0.5) is 17.1 Å². The Bertz CT molecular complexity index is 1460. The number of amides is 4. The Labute approximate surface area is 233 Å². The zero-order chi connectivity index (χ0) is 28.9. The molecule has 0 radical (unpaired) electrons. The van der Waals surface area contributed by atoms with Crippen molar-refractivity contribution < 1.29 is 19.2 Å². The van der Waals surface area contributed by atoms with Crippen LogP contribution in [0.15, 0.2) is 47.9 Å². The summed E-state index contributed by atoms with van der Waals surface area (Å²) in [6.45, 7) is 3.86. The summed E-state index contributed by atoms with van der Waals surface area (Å²) >= 11 is 3.14. The van der Waals surface area contributed by atoms with Crippen LogP contribution in [0.25, 0.3) is 0 Å². The van der Waals surface area contributed by atoms with Crippen LogP contribution >= 0.6 is 15.9 Å². The quantitative estimate of drug-likeness (QED) is 0.146. The minimum Gasteiger partial charge on any atom is -0.388 e. The fraction of sp³-hybridized carbons (Fsp3) is 0.240. The van der Waals surface area contributed by atoms with Crippen molar-refractivity contribution in [2.45, 2.75) is 12.8 Å². The molecule has 3 heterocycles. The van der Waals surface area contributed by atoms with Crippen molar-refractivity contribution in [3.05, 3.63) is 64.9 Å². The Morgan fingerprint density at radius 1 is 0.821 bits per heavy atom. The van der Waals surface area contributed by atoms with Gasteiger partial charge in [0, 0.05) is 52.7 Å². The zero-order valence-corrected chi connectivity index (χ0v) is 23.3. The number of carbonyl (C=O) groups excluding carboxylic acids is 4. The number of halogens is 1. The standard InChI is InChI=1S/C25H30BrN9O4/c1-14(26)7-22(36)30-15-8-19(34(3)11-15)24(38)32-17-10-20(35(4)13-17)25(39)31-16-9-18(33(2)12-16)23(37)29-6-5-21(27)28/h8-13H,1,5-7H2,2-4H3,(H3,27,28)(H,29,37)(H,30,36)(H,31,39)(H,32,38). The number of hydrogen-bond acceptors (Lipinski definition) is 5. The first-order valence-corrected chi connectivity index (χ1v) is 12.5. The van der Waals surface area contributed by atoms with Gasteiger partial charge in [0.05, 0.1) is 29.3 Å². The monoisotopic (exact) mass is 599 g/mol. The molecule has 7 N–H and O–H groups in total. The number of nitrogens with zero attached hydrogens (tertiary/aromatic N) is 3. The van der Waals surface area contributed by atoms with Gasteiger partial charge in [-0.1, -0.05) is 22.5 Å². The number of carbonyl (C=O) groups is 4. The van der Waals surface area contributed by atoms with Gasteiger partial charge in [0.2, 0.25) is 5.91 Å². The smallest absolute Gasteiger partial charge is 0.272 e. The Morgan fingerprint density at radius 2 is 1.23 bits per heavy atom. The summed E-state index contributed by atoms with van der Waals surface area (Å²) in [5.41, 5.74) is 7.47. The molecule has 0 atom stereocenters. The molecule has 3 aromatic rings. The lowest BCUT2D eigenvalue weighted by Gasteiger charge is -2.04. The van der Waals surface area contributed by atoms with Crippen molar-refractivity contribution in [1.82, 2.24) is 19.0 Å². The Balaban J connectivity index is 1.65. The second-order valence-corrected chi connectivity index (χ2v) is 9.98. The predicted octanol–water partition coefficient (Wildman–Crippen LogP) is 2.50. The van der Waals surface area contributed by atoms with Gasteiger partial charge in [-0.25, -0.2) is 0 Å². The van der Waals surface area contributed by atoms with E-state index in [4.69, 9.17) is 11.1 Å². The fourth-order valence-electron chi connectivity index (χ4n) is 3.75. The van der Waals surface area contributed by atoms with Crippen LogP contribution in [0.2, 0.25) is 0 Å². The SMILES string of the molecule is C=C(Br)CC(=O)Nc1cc(C(=O)Nc2cc(C(=O)Nc3cc(C(=O)NCCC(=N)N)n(C)c3)n(C)c2)n(C)c1. The molecule has 3 rings (SSSR count). The second-order valence-electron chi connectivity index (χ2n) is 8.86. The van der Waals surface area contributed by atoms with E-state index in [9.17, 15) is 19.2 Å². The van der Waals surface area contributed by atoms with Gasteiger partial charge in [0.25, 0.3) is 17.7 Å². The molecule has 206 valence electrons. The third-order valence-corrected chi connectivity index (χ3v) is 5.82. The fourth-order valence-corrected chi connectivity index (χ4v) is 4.00. The maximum Gasteiger partial charge on any atom is 0.272 e. The molecule has 3 aromatic heterocycles. The molecule has 0 spiro atoms. The van der Waals surface area contributed by atoms with Gasteiger partial charge < -0.3 is 40.7 Å². The molecule has 0 saturated carbocycles. The average Bonchev–Trinajstić information content (AvgIpc) is 3.48. The van der Waals surface area contributed by atoms with Crippen LogP contribution in [0, 0.1) is 5.41 Å². The first-order chi connectivity index (χ1) is 18.3. The lowest BCUT2D eigenvalue weighted by Crippen LogP contribution is -2.28. The van der Waals surface area contributed by atoms with E-state index in [-0.39, 0.29) is 42.7 Å². The molecule has 0 aromatic carbocycles. The number of aromatic nitrogens is 3. The maximum absolute atomic E-state index is 12.9. The Morgan fingerprint density at radius 3 is 1.64 bits per heavy atom. The lowest BCUT2D eigenvalue weighted by atomic mass is 10.3. The van der Waals surface area contributed by atoms with Gasteiger partial charge in [-0.3, -0.25) is 24.6 Å². The molecule has 14 heteroatoms. The predicted molar refractivity (Wildman–Crippen MR) is 152 cm³/mol. The van der Waals surface area contributed by atoms with Crippen LogP contribution in [-0.2, 0) is 25.9 Å². The van der Waals surface area contributed by atoms with Crippen LogP contribution < -0.4 is 27.0 Å². The van der Waals surface area contributed by atoms with Crippen LogP contribution in [-0.4, -0.2) is 49.7 Å². The first kappa shape index (κ1) is 29.0. The van der Waals surface area contributed by atoms with Crippen LogP contribution in [0.3, 0.4) is 0 Å². The number of rotatable bonds is 11. The molecule has 13 nitrogen and oxygen atoms in total. The molecule has 0 bridgehead atoms. The highest BCUT2D eigenvalue weighted by Gasteiger charge is 2.19. The molecule has 0 unspecified atom stereocenters. The van der Waals surface area contributed by atoms with Gasteiger partial charge in [0.15, 0.2) is 0 Å². The number of nitrogens with two attached hydrogens (primary N) is 1. The van der Waals surface area contributed by atoms with E-state index in [1.54, 1.807) is 59.5 Å². The summed E-state index contributed by atoms with van der Waals surface area (Å²) in [4.78, 5) is 50.2. The molecule has 0 saturated heterocycles. The normalized spacial score (nSPS) is 10.6. The van der Waals surface area contributed by atoms with Crippen molar-refractivity contribution in [3.8, 4) is 0 Å². The Kier molecular flexibility index (Phi) is 9.14. The molecule has 0 aliphatic heterocycles. The third-order valence-electron chi connectivity index (χ3n) is 5.54. The van der Waals surface area contributed by atoms with E-state index in [1.165, 1.54) is 12.1 Å². The van der Waals surface area contributed by atoms with Gasteiger partial charge >= 0.3 is 0 Å². The van der Waals surface area contributed by atoms with Crippen molar-refractivity contribution in [3.63, 3.8) is 0 Å². The highest BCUT2D eigenvalue weighted by molar-refractivity contribution is 9.11. The van der Waals surface area contributed by atoms with E-state index in [0.29, 0.717) is 32.9 Å². The number of aryl methyl sites for hydroxylation is 3. The number of hydrogen-bond donors (Lipinski definition) is 6. The molecular weight excluding hydrogens is 570 g/mol. The third kappa shape index (κ3) is 7.70. The van der Waals surface area contributed by atoms with Crippen molar-refractivity contribution in [2.24, 2.45) is 26.9 Å². The molecule has 0 aliphatic rings. The summed E-state index contributed by atoms with van der Waals surface area (Å²) in [5, 5.41) is 18.1. The topological polar surface area (TPSA) is 181 Å². The van der Waals surface area contributed by atoms with Crippen LogP contribution in [0.5, 0.6) is 0 Å². The Hall–Kier alpha value is -4.59. The highest BCUT2D eigenvalue weighted by atomic mass is 79.9. The molecular formula is C25H30BrN9O4. The minimum absolute atomic E-state index is 0.0251. The van der Waals surface area contributed by atoms with Gasteiger partial charge in [-0.15, -0.1) is 0 Å². The highest BCUT2D eigenvalue weighted by Crippen LogP contribution is 2.20. The van der Waals surface area contributed by atoms with Gasteiger partial charge in [-0.05, 0) is 22.7 Å². The average molecular weight is 600 g/mol. The van der Waals surface area contributed by atoms with E-state index >= 15 is 0 Å². The van der Waals surface area contributed by atoms with Gasteiger partial charge in [-0.2, -0.15) is 0 Å². The maximum atomic E-state index is 12.9. The summed E-state index contributed by atoms with van der Waals surface area (Å²) in [6.07, 6.45) is 5.15. The first-order valence-electron chi connectivity index (χ1n) is 11.7. The molecule has 4 amide bonds. The summed E-state index contributed by atoms with van der Waals surface area (Å²) in [7, 11) is 5.01. The molecule has 39 heavy (non-hydrogen) atoms. The van der Waals surface area contributed by atoms with E-state index in [0.717, 1.165) is 0 Å². The number of amidine groups is 1. The van der Waals surface area contributed by atoms with Crippen molar-refractivity contribution in [2.75, 3.05) is 22.5 Å². The molecule has 0 aliphatic carbocycles. The zero-order valence-electron chi connectivity index (χ0n) is 21.7. The summed E-state index contributed by atoms with van der Waals surface area (Å²) in [5.74, 6) is -1.52. The van der Waals surface area contributed by atoms with Crippen molar-refractivity contribution in [1.29, 1.82) is 5.41 Å². The second kappa shape index (κ2) is 12.3. The van der Waals surface area contributed by atoms with E-state index in [1.807, 2.05) is 0 Å². The molecule has 0 fully saturated rings. The summed E-state index contributed by atoms with van der Waals surface area (Å²) < 4.78 is 5.25. The van der Waals surface area contributed by atoms with Crippen LogP contribution in [0.1, 0.15) is 44.3 Å². The van der Waals surface area contributed by atoms with E-state index in [2.05, 4.69) is 43.8 Å². The number of anilines is 3. The lowest BCUT2D eigenvalue weighted by molar-refractivity contribution is -0.115. The minimum atomic E-state index is -0.440. The van der Waals surface area contributed by atoms with Crippen molar-refractivity contribution >= 4 is 62.5 Å². The van der Waals surface area contributed by atoms with Gasteiger partial charge in [0.1, 0.15) is 17.1 Å².